The third-order valence-electron chi connectivity index (χ3n) is 4.48. The van der Waals surface area contributed by atoms with Gasteiger partial charge in [-0.15, -0.1) is 0 Å². The molecule has 1 fully saturated rings. The van der Waals surface area contributed by atoms with E-state index in [-0.39, 0.29) is 5.91 Å². The van der Waals surface area contributed by atoms with Crippen LogP contribution < -0.4 is 5.32 Å². The number of pyridine rings is 1. The fourth-order valence-electron chi connectivity index (χ4n) is 3.07. The number of carbonyl (C=O) groups excluding carboxylic acids is 1. The molecule has 2 aromatic heterocycles. The number of carbonyl (C=O) groups is 1. The molecule has 6 nitrogen and oxygen atoms in total. The minimum atomic E-state index is 0.172. The molecule has 1 aliphatic rings. The first-order chi connectivity index (χ1) is 11.7. The zero-order chi connectivity index (χ0) is 16.8. The Labute approximate surface area is 142 Å². The number of hydrogen-bond donors (Lipinski definition) is 1. The van der Waals surface area contributed by atoms with Crippen LogP contribution in [0.5, 0.6) is 0 Å². The topological polar surface area (TPSA) is 71.0 Å². The summed E-state index contributed by atoms with van der Waals surface area (Å²) >= 11 is 0. The van der Waals surface area contributed by atoms with Crippen LogP contribution in [-0.4, -0.2) is 38.8 Å². The van der Waals surface area contributed by atoms with Gasteiger partial charge in [-0.25, -0.2) is 4.98 Å². The number of nitrogens with one attached hydrogen (secondary N) is 1. The van der Waals surface area contributed by atoms with Gasteiger partial charge in [-0.05, 0) is 37.3 Å². The zero-order valence-electron chi connectivity index (χ0n) is 14.0. The number of nitrogens with zero attached hydrogens (tertiary/aromatic N) is 4. The van der Waals surface area contributed by atoms with Gasteiger partial charge in [0.05, 0.1) is 17.9 Å². The Morgan fingerprint density at radius 1 is 1.17 bits per heavy atom. The molecule has 0 spiro atoms. The van der Waals surface area contributed by atoms with Crippen LogP contribution in [0, 0.1) is 5.92 Å². The van der Waals surface area contributed by atoms with E-state index in [0.29, 0.717) is 12.5 Å². The van der Waals surface area contributed by atoms with E-state index >= 15 is 0 Å². The second-order valence-electron chi connectivity index (χ2n) is 6.18. The Kier molecular flexibility index (Phi) is 5.36. The van der Waals surface area contributed by atoms with Crippen molar-refractivity contribution in [2.75, 3.05) is 18.4 Å². The summed E-state index contributed by atoms with van der Waals surface area (Å²) in [6, 6.07) is 5.87. The van der Waals surface area contributed by atoms with Crippen molar-refractivity contribution in [1.29, 1.82) is 0 Å². The lowest BCUT2D eigenvalue weighted by atomic mass is 9.92. The molecule has 1 N–H and O–H groups in total. The maximum atomic E-state index is 11.4. The predicted octanol–water partition coefficient (Wildman–Crippen LogP) is 2.28. The molecule has 0 atom stereocenters. The summed E-state index contributed by atoms with van der Waals surface area (Å²) < 4.78 is 0. The first kappa shape index (κ1) is 16.4. The SMILES string of the molecule is CC(=O)N1CCC(Cc2nccnc2NCc2ccccn2)CC1. The fraction of sp³-hybridized carbons (Fsp3) is 0.444. The molecule has 0 aliphatic carbocycles. The molecule has 0 aromatic carbocycles. The Bertz CT molecular complexity index is 668. The minimum Gasteiger partial charge on any atom is -0.363 e. The summed E-state index contributed by atoms with van der Waals surface area (Å²) in [7, 11) is 0. The first-order valence-electron chi connectivity index (χ1n) is 8.41. The third kappa shape index (κ3) is 4.28. The third-order valence-corrected chi connectivity index (χ3v) is 4.48. The van der Waals surface area contributed by atoms with E-state index in [0.717, 1.165) is 49.6 Å². The standard InChI is InChI=1S/C18H23N5O/c1-14(24)23-10-5-15(6-11-23)12-17-18(21-9-8-20-17)22-13-16-4-2-3-7-19-16/h2-4,7-9,15H,5-6,10-13H2,1H3,(H,21,22). The Balaban J connectivity index is 1.59. The van der Waals surface area contributed by atoms with E-state index in [1.807, 2.05) is 23.1 Å². The lowest BCUT2D eigenvalue weighted by molar-refractivity contribution is -0.130. The molecule has 126 valence electrons. The van der Waals surface area contributed by atoms with E-state index in [1.165, 1.54) is 0 Å². The lowest BCUT2D eigenvalue weighted by Gasteiger charge is -2.31. The van der Waals surface area contributed by atoms with E-state index in [4.69, 9.17) is 0 Å². The quantitative estimate of drug-likeness (QED) is 0.913. The largest absolute Gasteiger partial charge is 0.363 e. The van der Waals surface area contributed by atoms with Crippen LogP contribution in [0.15, 0.2) is 36.8 Å². The smallest absolute Gasteiger partial charge is 0.219 e. The van der Waals surface area contributed by atoms with Gasteiger partial charge in [-0.3, -0.25) is 14.8 Å². The Morgan fingerprint density at radius 3 is 2.67 bits per heavy atom. The highest BCUT2D eigenvalue weighted by Gasteiger charge is 2.22. The molecule has 3 heterocycles. The predicted molar refractivity (Wildman–Crippen MR) is 92.3 cm³/mol. The molecule has 6 heteroatoms. The molecule has 1 amide bonds. The maximum Gasteiger partial charge on any atom is 0.219 e. The van der Waals surface area contributed by atoms with Crippen molar-refractivity contribution in [3.63, 3.8) is 0 Å². The summed E-state index contributed by atoms with van der Waals surface area (Å²) in [6.45, 7) is 3.96. The molecule has 3 rings (SSSR count). The molecular formula is C18H23N5O. The molecule has 0 unspecified atom stereocenters. The van der Waals surface area contributed by atoms with E-state index in [9.17, 15) is 4.79 Å². The van der Waals surface area contributed by atoms with Crippen molar-refractivity contribution in [2.24, 2.45) is 5.92 Å². The van der Waals surface area contributed by atoms with Crippen LogP contribution in [0.4, 0.5) is 5.82 Å². The van der Waals surface area contributed by atoms with Crippen LogP contribution in [0.2, 0.25) is 0 Å². The second-order valence-corrected chi connectivity index (χ2v) is 6.18. The highest BCUT2D eigenvalue weighted by atomic mass is 16.2. The number of amides is 1. The molecule has 24 heavy (non-hydrogen) atoms. The van der Waals surface area contributed by atoms with Gasteiger partial charge in [-0.2, -0.15) is 0 Å². The van der Waals surface area contributed by atoms with Crippen LogP contribution in [-0.2, 0) is 17.8 Å². The molecule has 1 aliphatic heterocycles. The summed E-state index contributed by atoms with van der Waals surface area (Å²) in [4.78, 5) is 26.6. The van der Waals surface area contributed by atoms with Crippen LogP contribution in [0.1, 0.15) is 31.2 Å². The van der Waals surface area contributed by atoms with Crippen molar-refractivity contribution >= 4 is 11.7 Å². The molecular weight excluding hydrogens is 302 g/mol. The van der Waals surface area contributed by atoms with Crippen molar-refractivity contribution in [3.8, 4) is 0 Å². The summed E-state index contributed by atoms with van der Waals surface area (Å²) in [5.41, 5.74) is 1.97. The van der Waals surface area contributed by atoms with E-state index in [1.54, 1.807) is 25.5 Å². The van der Waals surface area contributed by atoms with Gasteiger partial charge in [0.25, 0.3) is 0 Å². The minimum absolute atomic E-state index is 0.172. The van der Waals surface area contributed by atoms with Gasteiger partial charge in [0.2, 0.25) is 5.91 Å². The number of likely N-dealkylation sites (tertiary alicyclic amines) is 1. The van der Waals surface area contributed by atoms with Gasteiger partial charge in [0.15, 0.2) is 0 Å². The van der Waals surface area contributed by atoms with Gasteiger partial charge < -0.3 is 10.2 Å². The maximum absolute atomic E-state index is 11.4. The molecule has 1 saturated heterocycles. The van der Waals surface area contributed by atoms with Gasteiger partial charge in [0, 0.05) is 38.6 Å². The van der Waals surface area contributed by atoms with Crippen molar-refractivity contribution in [1.82, 2.24) is 19.9 Å². The highest BCUT2D eigenvalue weighted by molar-refractivity contribution is 5.73. The highest BCUT2D eigenvalue weighted by Crippen LogP contribution is 2.23. The Morgan fingerprint density at radius 2 is 1.96 bits per heavy atom. The van der Waals surface area contributed by atoms with Crippen molar-refractivity contribution < 1.29 is 4.79 Å². The van der Waals surface area contributed by atoms with Crippen molar-refractivity contribution in [3.05, 3.63) is 48.2 Å². The number of piperidine rings is 1. The van der Waals surface area contributed by atoms with Crippen molar-refractivity contribution in [2.45, 2.75) is 32.7 Å². The average molecular weight is 325 g/mol. The summed E-state index contributed by atoms with van der Waals surface area (Å²) in [5.74, 6) is 1.55. The normalized spacial score (nSPS) is 15.3. The summed E-state index contributed by atoms with van der Waals surface area (Å²) in [5, 5.41) is 3.35. The van der Waals surface area contributed by atoms with Crippen LogP contribution >= 0.6 is 0 Å². The first-order valence-corrected chi connectivity index (χ1v) is 8.41. The van der Waals surface area contributed by atoms with E-state index < -0.39 is 0 Å². The fourth-order valence-corrected chi connectivity index (χ4v) is 3.07. The van der Waals surface area contributed by atoms with E-state index in [2.05, 4.69) is 20.3 Å². The monoisotopic (exact) mass is 325 g/mol. The summed E-state index contributed by atoms with van der Waals surface area (Å²) in [6.07, 6.45) is 8.18. The second kappa shape index (κ2) is 7.86. The molecule has 0 bridgehead atoms. The van der Waals surface area contributed by atoms with Gasteiger partial charge >= 0.3 is 0 Å². The molecule has 0 radical (unpaired) electrons. The van der Waals surface area contributed by atoms with Gasteiger partial charge in [0.1, 0.15) is 5.82 Å². The number of aromatic nitrogens is 3. The lowest BCUT2D eigenvalue weighted by Crippen LogP contribution is -2.37. The number of anilines is 1. The van der Waals surface area contributed by atoms with Crippen LogP contribution in [0.3, 0.4) is 0 Å². The van der Waals surface area contributed by atoms with Gasteiger partial charge in [-0.1, -0.05) is 6.07 Å². The Hall–Kier alpha value is -2.50. The zero-order valence-corrected chi connectivity index (χ0v) is 14.0. The molecule has 0 saturated carbocycles. The number of rotatable bonds is 5. The molecule has 2 aromatic rings. The number of hydrogen-bond acceptors (Lipinski definition) is 5. The van der Waals surface area contributed by atoms with Crippen LogP contribution in [0.25, 0.3) is 0 Å². The average Bonchev–Trinajstić information content (AvgIpc) is 2.62.